The maximum atomic E-state index is 5.38. The Kier molecular flexibility index (Phi) is 4.33. The lowest BCUT2D eigenvalue weighted by Gasteiger charge is -2.10. The molecule has 0 saturated carbocycles. The highest BCUT2D eigenvalue weighted by molar-refractivity contribution is 9.10. The number of hydrogen-bond acceptors (Lipinski definition) is 2. The topological polar surface area (TPSA) is 21.3 Å². The lowest BCUT2D eigenvalue weighted by molar-refractivity contribution is 0.414. The molecule has 0 fully saturated rings. The first-order chi connectivity index (χ1) is 8.70. The zero-order chi connectivity index (χ0) is 13.0. The summed E-state index contributed by atoms with van der Waals surface area (Å²) in [4.78, 5) is 0.667. The molecule has 0 aromatic heterocycles. The Morgan fingerprint density at radius 2 is 1.94 bits per heavy atom. The zero-order valence-electron chi connectivity index (χ0n) is 9.81. The van der Waals surface area contributed by atoms with Gasteiger partial charge in [0.15, 0.2) is 0 Å². The van der Waals surface area contributed by atoms with E-state index in [-0.39, 0.29) is 0 Å². The minimum atomic E-state index is 0.667. The summed E-state index contributed by atoms with van der Waals surface area (Å²) in [5, 5.41) is 3.21. The fourth-order valence-electron chi connectivity index (χ4n) is 1.52. The van der Waals surface area contributed by atoms with Crippen molar-refractivity contribution >= 4 is 38.8 Å². The highest BCUT2D eigenvalue weighted by Gasteiger charge is 2.05. The summed E-state index contributed by atoms with van der Waals surface area (Å²) < 4.78 is 6.16. The van der Waals surface area contributed by atoms with Crippen molar-refractivity contribution in [1.29, 1.82) is 0 Å². The molecule has 2 nitrogen and oxygen atoms in total. The summed E-state index contributed by atoms with van der Waals surface area (Å²) >= 11 is 8.86. The van der Waals surface area contributed by atoms with Crippen LogP contribution in [-0.2, 0) is 0 Å². The third kappa shape index (κ3) is 3.09. The molecule has 0 amide bonds. The molecule has 0 atom stereocenters. The van der Waals surface area contributed by atoms with Crippen LogP contribution in [0.3, 0.4) is 0 Å². The largest absolute Gasteiger partial charge is 0.497 e. The summed E-state index contributed by atoms with van der Waals surface area (Å²) in [6.07, 6.45) is 0. The molecule has 0 bridgehead atoms. The predicted molar refractivity (Wildman–Crippen MR) is 82.5 cm³/mol. The van der Waals surface area contributed by atoms with Gasteiger partial charge in [-0.15, -0.1) is 0 Å². The number of ether oxygens (including phenoxy) is 1. The molecule has 1 N–H and O–H groups in total. The second kappa shape index (κ2) is 5.98. The second-order valence-electron chi connectivity index (χ2n) is 3.67. The molecule has 0 aliphatic heterocycles. The van der Waals surface area contributed by atoms with Gasteiger partial charge in [-0.1, -0.05) is 36.5 Å². The smallest absolute Gasteiger partial charge is 0.119 e. The van der Waals surface area contributed by atoms with Gasteiger partial charge in [0.05, 0.1) is 12.8 Å². The molecule has 2 aromatic rings. The van der Waals surface area contributed by atoms with Crippen LogP contribution in [0.4, 0.5) is 5.69 Å². The van der Waals surface area contributed by atoms with Crippen molar-refractivity contribution in [2.75, 3.05) is 12.4 Å². The van der Waals surface area contributed by atoms with Gasteiger partial charge in [0.25, 0.3) is 0 Å². The maximum absolute atomic E-state index is 5.38. The van der Waals surface area contributed by atoms with Crippen LogP contribution in [0.15, 0.2) is 53.0 Å². The first kappa shape index (κ1) is 13.1. The molecule has 0 heterocycles. The Morgan fingerprint density at radius 1 is 1.17 bits per heavy atom. The van der Waals surface area contributed by atoms with E-state index in [2.05, 4.69) is 21.2 Å². The molecule has 0 radical (unpaired) electrons. The molecule has 0 spiro atoms. The van der Waals surface area contributed by atoms with E-state index < -0.39 is 0 Å². The summed E-state index contributed by atoms with van der Waals surface area (Å²) in [7, 11) is 1.64. The maximum Gasteiger partial charge on any atom is 0.119 e. The SMILES string of the molecule is COc1cccc(C(=S)Nc2ccccc2Br)c1. The highest BCUT2D eigenvalue weighted by Crippen LogP contribution is 2.22. The van der Waals surface area contributed by atoms with Crippen molar-refractivity contribution < 1.29 is 4.74 Å². The van der Waals surface area contributed by atoms with Crippen molar-refractivity contribution in [3.05, 3.63) is 58.6 Å². The molecule has 0 saturated heterocycles. The number of nitrogens with one attached hydrogen (secondary N) is 1. The van der Waals surface area contributed by atoms with Crippen molar-refractivity contribution in [3.63, 3.8) is 0 Å². The molecule has 92 valence electrons. The van der Waals surface area contributed by atoms with Gasteiger partial charge >= 0.3 is 0 Å². The van der Waals surface area contributed by atoms with Gasteiger partial charge in [-0.3, -0.25) is 0 Å². The second-order valence-corrected chi connectivity index (χ2v) is 4.93. The summed E-state index contributed by atoms with van der Waals surface area (Å²) in [5.74, 6) is 0.795. The van der Waals surface area contributed by atoms with Crippen LogP contribution in [0, 0.1) is 0 Å². The Morgan fingerprint density at radius 3 is 2.67 bits per heavy atom. The average Bonchev–Trinajstić information content (AvgIpc) is 2.41. The van der Waals surface area contributed by atoms with Crippen molar-refractivity contribution in [1.82, 2.24) is 0 Å². The van der Waals surface area contributed by atoms with E-state index in [1.807, 2.05) is 48.5 Å². The summed E-state index contributed by atoms with van der Waals surface area (Å²) in [5.41, 5.74) is 1.88. The number of anilines is 1. The van der Waals surface area contributed by atoms with E-state index in [1.165, 1.54) is 0 Å². The molecule has 0 aliphatic carbocycles. The van der Waals surface area contributed by atoms with Gasteiger partial charge in [0, 0.05) is 10.0 Å². The number of para-hydroxylation sites is 1. The van der Waals surface area contributed by atoms with Crippen LogP contribution in [0.2, 0.25) is 0 Å². The number of thiocarbonyl (C=S) groups is 1. The zero-order valence-corrected chi connectivity index (χ0v) is 12.2. The Balaban J connectivity index is 2.19. The first-order valence-corrected chi connectivity index (χ1v) is 6.61. The van der Waals surface area contributed by atoms with E-state index in [0.29, 0.717) is 4.99 Å². The van der Waals surface area contributed by atoms with Crippen LogP contribution in [0.1, 0.15) is 5.56 Å². The number of rotatable bonds is 3. The Hall–Kier alpha value is -1.39. The van der Waals surface area contributed by atoms with Gasteiger partial charge in [0.1, 0.15) is 10.7 Å². The highest BCUT2D eigenvalue weighted by atomic mass is 79.9. The van der Waals surface area contributed by atoms with Crippen molar-refractivity contribution in [2.24, 2.45) is 0 Å². The fourth-order valence-corrected chi connectivity index (χ4v) is 2.14. The van der Waals surface area contributed by atoms with E-state index >= 15 is 0 Å². The molecule has 4 heteroatoms. The fraction of sp³-hybridized carbons (Fsp3) is 0.0714. The molecule has 2 rings (SSSR count). The van der Waals surface area contributed by atoms with E-state index in [4.69, 9.17) is 17.0 Å². The quantitative estimate of drug-likeness (QED) is 0.854. The van der Waals surface area contributed by atoms with Gasteiger partial charge in [-0.25, -0.2) is 0 Å². The number of hydrogen-bond donors (Lipinski definition) is 1. The van der Waals surface area contributed by atoms with Crippen molar-refractivity contribution in [2.45, 2.75) is 0 Å². The third-order valence-corrected chi connectivity index (χ3v) is 3.48. The minimum Gasteiger partial charge on any atom is -0.497 e. The molecular weight excluding hydrogens is 310 g/mol. The summed E-state index contributed by atoms with van der Waals surface area (Å²) in [6, 6.07) is 15.5. The van der Waals surface area contributed by atoms with Crippen LogP contribution in [-0.4, -0.2) is 12.1 Å². The van der Waals surface area contributed by atoms with E-state index in [1.54, 1.807) is 7.11 Å². The Bertz CT molecular complexity index is 571. The molecule has 2 aromatic carbocycles. The predicted octanol–water partition coefficient (Wildman–Crippen LogP) is 4.25. The standard InChI is InChI=1S/C14H12BrNOS/c1-17-11-6-4-5-10(9-11)14(18)16-13-8-3-2-7-12(13)15/h2-9H,1H3,(H,16,18). The monoisotopic (exact) mass is 321 g/mol. The van der Waals surface area contributed by atoms with Gasteiger partial charge < -0.3 is 10.1 Å². The van der Waals surface area contributed by atoms with Gasteiger partial charge in [-0.2, -0.15) is 0 Å². The molecule has 18 heavy (non-hydrogen) atoms. The lowest BCUT2D eigenvalue weighted by atomic mass is 10.2. The first-order valence-electron chi connectivity index (χ1n) is 5.40. The number of halogens is 1. The van der Waals surface area contributed by atoms with Crippen molar-refractivity contribution in [3.8, 4) is 5.75 Å². The van der Waals surface area contributed by atoms with Crippen LogP contribution in [0.25, 0.3) is 0 Å². The van der Waals surface area contributed by atoms with Crippen LogP contribution in [0.5, 0.6) is 5.75 Å². The van der Waals surface area contributed by atoms with Crippen LogP contribution < -0.4 is 10.1 Å². The Labute approximate surface area is 120 Å². The van der Waals surface area contributed by atoms with Gasteiger partial charge in [0.2, 0.25) is 0 Å². The van der Waals surface area contributed by atoms with Crippen LogP contribution >= 0.6 is 28.1 Å². The lowest BCUT2D eigenvalue weighted by Crippen LogP contribution is -2.10. The average molecular weight is 322 g/mol. The molecular formula is C14H12BrNOS. The minimum absolute atomic E-state index is 0.667. The number of benzene rings is 2. The summed E-state index contributed by atoms with van der Waals surface area (Å²) in [6.45, 7) is 0. The third-order valence-electron chi connectivity index (χ3n) is 2.45. The van der Waals surface area contributed by atoms with Gasteiger partial charge in [-0.05, 0) is 40.2 Å². The normalized spacial score (nSPS) is 9.89. The number of methoxy groups -OCH3 is 1. The molecule has 0 aliphatic rings. The van der Waals surface area contributed by atoms with E-state index in [9.17, 15) is 0 Å². The molecule has 0 unspecified atom stereocenters. The van der Waals surface area contributed by atoms with E-state index in [0.717, 1.165) is 21.5 Å².